The maximum absolute atomic E-state index is 11.8. The Morgan fingerprint density at radius 1 is 1.28 bits per heavy atom. The van der Waals surface area contributed by atoms with Gasteiger partial charge in [-0.3, -0.25) is 4.79 Å². The number of methoxy groups -OCH3 is 1. The van der Waals surface area contributed by atoms with Crippen molar-refractivity contribution in [3.63, 3.8) is 0 Å². The Labute approximate surface area is 169 Å². The van der Waals surface area contributed by atoms with Gasteiger partial charge < -0.3 is 19.9 Å². The summed E-state index contributed by atoms with van der Waals surface area (Å²) in [7, 11) is 1.65. The van der Waals surface area contributed by atoms with Gasteiger partial charge in [0.15, 0.2) is 0 Å². The van der Waals surface area contributed by atoms with Crippen molar-refractivity contribution in [3.05, 3.63) is 49.4 Å². The Hall–Kier alpha value is -3.35. The fourth-order valence-electron chi connectivity index (χ4n) is 4.02. The maximum Gasteiger partial charge on any atom is 0.245 e. The fourth-order valence-corrected chi connectivity index (χ4v) is 4.02. The van der Waals surface area contributed by atoms with Crippen molar-refractivity contribution >= 4 is 22.8 Å². The Bertz CT molecular complexity index is 1030. The molecule has 3 aromatic rings. The van der Waals surface area contributed by atoms with Gasteiger partial charge in [-0.25, -0.2) is 9.97 Å². The second-order valence-electron chi connectivity index (χ2n) is 7.35. The number of ether oxygens (including phenoxy) is 1. The molecule has 2 aromatic heterocycles. The van der Waals surface area contributed by atoms with Crippen LogP contribution in [0.25, 0.3) is 22.2 Å². The minimum atomic E-state index is 0.0113. The van der Waals surface area contributed by atoms with Gasteiger partial charge in [-0.05, 0) is 42.5 Å². The van der Waals surface area contributed by atoms with Gasteiger partial charge in [-0.15, -0.1) is 0 Å². The average molecular weight is 391 g/mol. The summed E-state index contributed by atoms with van der Waals surface area (Å²) in [4.78, 5) is 22.4. The van der Waals surface area contributed by atoms with E-state index in [0.717, 1.165) is 60.4 Å². The molecule has 7 nitrogen and oxygen atoms in total. The van der Waals surface area contributed by atoms with Crippen LogP contribution in [0.15, 0.2) is 49.4 Å². The molecule has 0 atom stereocenters. The lowest BCUT2D eigenvalue weighted by atomic mass is 9.96. The van der Waals surface area contributed by atoms with Gasteiger partial charge >= 0.3 is 0 Å². The van der Waals surface area contributed by atoms with Crippen molar-refractivity contribution in [2.45, 2.75) is 19.4 Å². The third kappa shape index (κ3) is 3.68. The molecule has 4 rings (SSSR count). The van der Waals surface area contributed by atoms with E-state index < -0.39 is 0 Å². The molecule has 7 heteroatoms. The highest BCUT2D eigenvalue weighted by Crippen LogP contribution is 2.34. The van der Waals surface area contributed by atoms with Crippen LogP contribution in [0.5, 0.6) is 5.75 Å². The summed E-state index contributed by atoms with van der Waals surface area (Å²) in [5.41, 5.74) is 9.12. The molecule has 0 unspecified atom stereocenters. The first kappa shape index (κ1) is 19.0. The van der Waals surface area contributed by atoms with Crippen molar-refractivity contribution in [1.29, 1.82) is 0 Å². The quantitative estimate of drug-likeness (QED) is 0.676. The first-order valence-electron chi connectivity index (χ1n) is 9.75. The summed E-state index contributed by atoms with van der Waals surface area (Å²) in [5.74, 6) is 1.77. The van der Waals surface area contributed by atoms with Crippen molar-refractivity contribution in [3.8, 4) is 16.9 Å². The molecule has 3 heterocycles. The number of benzene rings is 1. The third-order valence-corrected chi connectivity index (χ3v) is 5.64. The van der Waals surface area contributed by atoms with Crippen LogP contribution < -0.4 is 10.5 Å². The molecule has 1 aliphatic rings. The molecule has 1 saturated heterocycles. The van der Waals surface area contributed by atoms with Crippen LogP contribution in [-0.2, 0) is 11.3 Å². The Balaban J connectivity index is 1.63. The summed E-state index contributed by atoms with van der Waals surface area (Å²) in [6.07, 6.45) is 6.92. The van der Waals surface area contributed by atoms with Crippen molar-refractivity contribution in [2.24, 2.45) is 5.92 Å². The molecule has 1 aliphatic heterocycles. The minimum absolute atomic E-state index is 0.0113. The van der Waals surface area contributed by atoms with Crippen LogP contribution >= 0.6 is 0 Å². The van der Waals surface area contributed by atoms with Gasteiger partial charge in [-0.1, -0.05) is 18.7 Å². The van der Waals surface area contributed by atoms with E-state index in [-0.39, 0.29) is 5.91 Å². The highest BCUT2D eigenvalue weighted by Gasteiger charge is 2.23. The van der Waals surface area contributed by atoms with Crippen molar-refractivity contribution in [1.82, 2.24) is 19.4 Å². The number of hydrogen-bond donors (Lipinski definition) is 1. The van der Waals surface area contributed by atoms with E-state index >= 15 is 0 Å². The van der Waals surface area contributed by atoms with Gasteiger partial charge in [0.2, 0.25) is 5.91 Å². The van der Waals surface area contributed by atoms with Crippen LogP contribution in [0.3, 0.4) is 0 Å². The molecule has 2 N–H and O–H groups in total. The van der Waals surface area contributed by atoms with Gasteiger partial charge in [-0.2, -0.15) is 0 Å². The number of hydrogen-bond acceptors (Lipinski definition) is 5. The number of nitrogens with zero attached hydrogens (tertiary/aromatic N) is 4. The zero-order valence-electron chi connectivity index (χ0n) is 16.5. The van der Waals surface area contributed by atoms with E-state index in [4.69, 9.17) is 10.5 Å². The maximum atomic E-state index is 11.8. The smallest absolute Gasteiger partial charge is 0.245 e. The van der Waals surface area contributed by atoms with Gasteiger partial charge in [0, 0.05) is 31.4 Å². The van der Waals surface area contributed by atoms with E-state index in [1.807, 2.05) is 29.2 Å². The molecule has 1 aromatic carbocycles. The van der Waals surface area contributed by atoms with Crippen LogP contribution in [0.4, 0.5) is 5.82 Å². The zero-order chi connectivity index (χ0) is 20.4. The molecule has 29 heavy (non-hydrogen) atoms. The number of likely N-dealkylation sites (tertiary alicyclic amines) is 1. The topological polar surface area (TPSA) is 86.3 Å². The van der Waals surface area contributed by atoms with Crippen molar-refractivity contribution in [2.75, 3.05) is 25.9 Å². The Kier molecular flexibility index (Phi) is 5.20. The summed E-state index contributed by atoms with van der Waals surface area (Å²) < 4.78 is 7.44. The summed E-state index contributed by atoms with van der Waals surface area (Å²) >= 11 is 0. The first-order valence-corrected chi connectivity index (χ1v) is 9.75. The Morgan fingerprint density at radius 3 is 2.66 bits per heavy atom. The first-order chi connectivity index (χ1) is 14.1. The van der Waals surface area contributed by atoms with Crippen LogP contribution in [0.1, 0.15) is 12.8 Å². The van der Waals surface area contributed by atoms with Crippen molar-refractivity contribution < 1.29 is 9.53 Å². The standard InChI is InChI=1S/C22H25N5O2/c1-3-19(28)26-10-8-15(9-11-26)12-27-13-18(16-4-6-17(29-2)7-5-16)20-21(23)24-14-25-22(20)27/h3-7,13-15H,1,8-12H2,2H3,(H2,23,24,25). The molecule has 0 radical (unpaired) electrons. The normalized spacial score (nSPS) is 14.9. The van der Waals surface area contributed by atoms with Crippen LogP contribution in [0, 0.1) is 5.92 Å². The highest BCUT2D eigenvalue weighted by molar-refractivity contribution is 6.00. The number of fused-ring (bicyclic) bond motifs is 1. The number of aromatic nitrogens is 3. The second-order valence-corrected chi connectivity index (χ2v) is 7.35. The van der Waals surface area contributed by atoms with Crippen LogP contribution in [0.2, 0.25) is 0 Å². The lowest BCUT2D eigenvalue weighted by Gasteiger charge is -2.31. The van der Waals surface area contributed by atoms with Gasteiger partial charge in [0.1, 0.15) is 23.5 Å². The van der Waals surface area contributed by atoms with Crippen LogP contribution in [-0.4, -0.2) is 45.5 Å². The molecule has 150 valence electrons. The number of piperidine rings is 1. The van der Waals surface area contributed by atoms with Gasteiger partial charge in [0.25, 0.3) is 0 Å². The predicted molar refractivity (Wildman–Crippen MR) is 113 cm³/mol. The predicted octanol–water partition coefficient (Wildman–Crippen LogP) is 3.11. The number of nitrogen functional groups attached to an aromatic ring is 1. The van der Waals surface area contributed by atoms with E-state index in [2.05, 4.69) is 27.3 Å². The number of anilines is 1. The number of carbonyl (C=O) groups excluding carboxylic acids is 1. The van der Waals surface area contributed by atoms with E-state index in [1.54, 1.807) is 7.11 Å². The molecular formula is C22H25N5O2. The molecule has 1 amide bonds. The summed E-state index contributed by atoms with van der Waals surface area (Å²) in [5, 5.41) is 0.872. The molecule has 0 bridgehead atoms. The third-order valence-electron chi connectivity index (χ3n) is 5.64. The minimum Gasteiger partial charge on any atom is -0.497 e. The second kappa shape index (κ2) is 7.95. The monoisotopic (exact) mass is 391 g/mol. The lowest BCUT2D eigenvalue weighted by molar-refractivity contribution is -0.127. The largest absolute Gasteiger partial charge is 0.497 e. The zero-order valence-corrected chi connectivity index (χ0v) is 16.5. The molecule has 0 saturated carbocycles. The van der Waals surface area contributed by atoms with Gasteiger partial charge in [0.05, 0.1) is 12.5 Å². The highest BCUT2D eigenvalue weighted by atomic mass is 16.5. The molecule has 0 aliphatic carbocycles. The fraction of sp³-hybridized carbons (Fsp3) is 0.318. The van der Waals surface area contributed by atoms with E-state index in [0.29, 0.717) is 11.7 Å². The summed E-state index contributed by atoms with van der Waals surface area (Å²) in [6, 6.07) is 7.91. The average Bonchev–Trinajstić information content (AvgIpc) is 3.13. The number of nitrogens with two attached hydrogens (primary N) is 1. The number of rotatable bonds is 5. The molecular weight excluding hydrogens is 366 g/mol. The number of amides is 1. The molecule has 1 fully saturated rings. The number of carbonyl (C=O) groups is 1. The molecule has 0 spiro atoms. The lowest BCUT2D eigenvalue weighted by Crippen LogP contribution is -2.38. The van der Waals surface area contributed by atoms with E-state index in [1.165, 1.54) is 12.4 Å². The Morgan fingerprint density at radius 2 is 2.00 bits per heavy atom. The SMILES string of the molecule is C=CC(=O)N1CCC(Cn2cc(-c3ccc(OC)cc3)c3c(N)ncnc32)CC1. The summed E-state index contributed by atoms with van der Waals surface area (Å²) in [6.45, 7) is 5.93. The van der Waals surface area contributed by atoms with E-state index in [9.17, 15) is 4.79 Å².